The van der Waals surface area contributed by atoms with Gasteiger partial charge in [0.15, 0.2) is 0 Å². The number of morpholine rings is 1. The smallest absolute Gasteiger partial charge is 0.374 e. The molecule has 1 heterocycles. The predicted molar refractivity (Wildman–Crippen MR) is 99.6 cm³/mol. The number of carbonyl (C=O) groups excluding carboxylic acids is 1. The van der Waals surface area contributed by atoms with Gasteiger partial charge in [-0.15, -0.1) is 0 Å². The van der Waals surface area contributed by atoms with Crippen LogP contribution < -0.4 is 5.32 Å². The van der Waals surface area contributed by atoms with E-state index in [2.05, 4.69) is 22.3 Å². The highest BCUT2D eigenvalue weighted by Gasteiger charge is 2.30. The van der Waals surface area contributed by atoms with Crippen LogP contribution in [0, 0.1) is 0 Å². The Balaban J connectivity index is 1.46. The van der Waals surface area contributed by atoms with E-state index >= 15 is 0 Å². The first-order valence-electron chi connectivity index (χ1n) is 9.21. The fraction of sp³-hybridized carbons (Fsp3) is 0.381. The lowest BCUT2D eigenvalue weighted by molar-refractivity contribution is -0.137. The molecule has 1 fully saturated rings. The summed E-state index contributed by atoms with van der Waals surface area (Å²) in [5.74, 6) is -0.317. The summed E-state index contributed by atoms with van der Waals surface area (Å²) in [6.45, 7) is 3.26. The van der Waals surface area contributed by atoms with Crippen LogP contribution >= 0.6 is 0 Å². The van der Waals surface area contributed by atoms with Gasteiger partial charge in [0.1, 0.15) is 0 Å². The standard InChI is InChI=1S/C21H23F3N2O2/c22-21(23,24)18-8-4-7-17(11-18)12-20(27)25-13-19-15-26(9-10-28-19)14-16-5-2-1-3-6-16/h1-8,11,19H,9-10,12-15H2,(H,25,27)/t19-/m1/s1. The van der Waals surface area contributed by atoms with E-state index in [1.54, 1.807) is 0 Å². The lowest BCUT2D eigenvalue weighted by Crippen LogP contribution is -2.47. The lowest BCUT2D eigenvalue weighted by atomic mass is 10.1. The summed E-state index contributed by atoms with van der Waals surface area (Å²) in [6.07, 6.45) is -4.64. The molecule has 0 radical (unpaired) electrons. The summed E-state index contributed by atoms with van der Waals surface area (Å²) < 4.78 is 44.0. The van der Waals surface area contributed by atoms with Crippen LogP contribution in [0.3, 0.4) is 0 Å². The van der Waals surface area contributed by atoms with Gasteiger partial charge in [0.2, 0.25) is 5.91 Å². The topological polar surface area (TPSA) is 41.6 Å². The molecule has 28 heavy (non-hydrogen) atoms. The van der Waals surface area contributed by atoms with E-state index in [-0.39, 0.29) is 18.4 Å². The molecule has 0 aliphatic carbocycles. The first-order valence-corrected chi connectivity index (χ1v) is 9.21. The number of hydrogen-bond donors (Lipinski definition) is 1. The molecule has 1 saturated heterocycles. The molecule has 7 heteroatoms. The molecule has 0 saturated carbocycles. The van der Waals surface area contributed by atoms with Crippen LogP contribution in [-0.2, 0) is 28.7 Å². The molecule has 0 aromatic heterocycles. The third kappa shape index (κ3) is 6.07. The average molecular weight is 392 g/mol. The van der Waals surface area contributed by atoms with Crippen LogP contribution in [-0.4, -0.2) is 43.2 Å². The second-order valence-corrected chi connectivity index (χ2v) is 6.89. The molecule has 1 amide bonds. The first kappa shape index (κ1) is 20.4. The van der Waals surface area contributed by atoms with Crippen LogP contribution in [0.15, 0.2) is 54.6 Å². The van der Waals surface area contributed by atoms with Gasteiger partial charge in [0.05, 0.1) is 24.7 Å². The summed E-state index contributed by atoms with van der Waals surface area (Å²) in [6, 6.07) is 15.0. The van der Waals surface area contributed by atoms with Crippen LogP contribution in [0.1, 0.15) is 16.7 Å². The molecule has 0 unspecified atom stereocenters. The van der Waals surface area contributed by atoms with Gasteiger partial charge in [-0.25, -0.2) is 0 Å². The maximum absolute atomic E-state index is 12.8. The van der Waals surface area contributed by atoms with Gasteiger partial charge >= 0.3 is 6.18 Å². The van der Waals surface area contributed by atoms with Crippen LogP contribution in [0.4, 0.5) is 13.2 Å². The molecule has 2 aromatic rings. The van der Waals surface area contributed by atoms with E-state index in [4.69, 9.17) is 4.74 Å². The lowest BCUT2D eigenvalue weighted by Gasteiger charge is -2.33. The third-order valence-corrected chi connectivity index (χ3v) is 4.62. The zero-order chi connectivity index (χ0) is 20.0. The van der Waals surface area contributed by atoms with E-state index in [0.29, 0.717) is 25.3 Å². The number of hydrogen-bond acceptors (Lipinski definition) is 3. The highest BCUT2D eigenvalue weighted by molar-refractivity contribution is 5.78. The molecular formula is C21H23F3N2O2. The van der Waals surface area contributed by atoms with Gasteiger partial charge in [0.25, 0.3) is 0 Å². The van der Waals surface area contributed by atoms with Crippen molar-refractivity contribution in [1.82, 2.24) is 10.2 Å². The Morgan fingerprint density at radius 2 is 1.86 bits per heavy atom. The van der Waals surface area contributed by atoms with E-state index in [1.807, 2.05) is 18.2 Å². The normalized spacial score (nSPS) is 18.0. The monoisotopic (exact) mass is 392 g/mol. The molecule has 2 aromatic carbocycles. The van der Waals surface area contributed by atoms with Crippen LogP contribution in [0.2, 0.25) is 0 Å². The molecule has 0 bridgehead atoms. The van der Waals surface area contributed by atoms with Crippen LogP contribution in [0.25, 0.3) is 0 Å². The minimum Gasteiger partial charge on any atom is -0.374 e. The van der Waals surface area contributed by atoms with Gasteiger partial charge in [-0.1, -0.05) is 48.5 Å². The van der Waals surface area contributed by atoms with Crippen LogP contribution in [0.5, 0.6) is 0 Å². The maximum atomic E-state index is 12.8. The van der Waals surface area contributed by atoms with Crippen molar-refractivity contribution in [3.8, 4) is 0 Å². The van der Waals surface area contributed by atoms with E-state index in [0.717, 1.165) is 25.2 Å². The van der Waals surface area contributed by atoms with Crippen molar-refractivity contribution in [2.75, 3.05) is 26.2 Å². The van der Waals surface area contributed by atoms with E-state index in [9.17, 15) is 18.0 Å². The Bertz CT molecular complexity index is 781. The molecule has 0 spiro atoms. The number of nitrogens with one attached hydrogen (secondary N) is 1. The van der Waals surface area contributed by atoms with E-state index in [1.165, 1.54) is 17.7 Å². The second kappa shape index (κ2) is 9.21. The average Bonchev–Trinajstić information content (AvgIpc) is 2.67. The molecule has 1 aliphatic rings. The van der Waals surface area contributed by atoms with Crippen molar-refractivity contribution in [1.29, 1.82) is 0 Å². The fourth-order valence-electron chi connectivity index (χ4n) is 3.22. The zero-order valence-corrected chi connectivity index (χ0v) is 15.4. The number of halogens is 3. The fourth-order valence-corrected chi connectivity index (χ4v) is 3.22. The van der Waals surface area contributed by atoms with E-state index < -0.39 is 11.7 Å². The summed E-state index contributed by atoms with van der Waals surface area (Å²) >= 11 is 0. The van der Waals surface area contributed by atoms with Gasteiger partial charge in [0, 0.05) is 26.2 Å². The molecule has 150 valence electrons. The quantitative estimate of drug-likeness (QED) is 0.821. The largest absolute Gasteiger partial charge is 0.416 e. The minimum absolute atomic E-state index is 0.0929. The number of amides is 1. The first-order chi connectivity index (χ1) is 13.4. The molecule has 1 atom stereocenters. The van der Waals surface area contributed by atoms with Gasteiger partial charge in [-0.05, 0) is 17.2 Å². The highest BCUT2D eigenvalue weighted by Crippen LogP contribution is 2.29. The Morgan fingerprint density at radius 1 is 1.11 bits per heavy atom. The van der Waals surface area contributed by atoms with Crippen molar-refractivity contribution in [3.63, 3.8) is 0 Å². The zero-order valence-electron chi connectivity index (χ0n) is 15.4. The van der Waals surface area contributed by atoms with Gasteiger partial charge in [-0.2, -0.15) is 13.2 Å². The SMILES string of the molecule is O=C(Cc1cccc(C(F)(F)F)c1)NC[C@@H]1CN(Cc2ccccc2)CCO1. The third-order valence-electron chi connectivity index (χ3n) is 4.62. The molecular weight excluding hydrogens is 369 g/mol. The Kier molecular flexibility index (Phi) is 6.70. The number of nitrogens with zero attached hydrogens (tertiary/aromatic N) is 1. The van der Waals surface area contributed by atoms with Crippen molar-refractivity contribution in [2.45, 2.75) is 25.2 Å². The Hall–Kier alpha value is -2.38. The summed E-state index contributed by atoms with van der Waals surface area (Å²) in [5.41, 5.74) is 0.810. The molecule has 3 rings (SSSR count). The Morgan fingerprint density at radius 3 is 2.61 bits per heavy atom. The number of carbonyl (C=O) groups is 1. The molecule has 1 aliphatic heterocycles. The van der Waals surface area contributed by atoms with Gasteiger partial charge < -0.3 is 10.1 Å². The number of ether oxygens (including phenoxy) is 1. The summed E-state index contributed by atoms with van der Waals surface area (Å²) in [4.78, 5) is 14.4. The second-order valence-electron chi connectivity index (χ2n) is 6.89. The predicted octanol–water partition coefficient (Wildman–Crippen LogP) is 3.27. The Labute approximate surface area is 162 Å². The number of alkyl halides is 3. The molecule has 4 nitrogen and oxygen atoms in total. The maximum Gasteiger partial charge on any atom is 0.416 e. The number of rotatable bonds is 6. The summed E-state index contributed by atoms with van der Waals surface area (Å²) in [7, 11) is 0. The van der Waals surface area contributed by atoms with Crippen molar-refractivity contribution in [2.24, 2.45) is 0 Å². The van der Waals surface area contributed by atoms with Gasteiger partial charge in [-0.3, -0.25) is 9.69 Å². The van der Waals surface area contributed by atoms with Crippen molar-refractivity contribution in [3.05, 3.63) is 71.3 Å². The minimum atomic E-state index is -4.41. The number of benzene rings is 2. The van der Waals surface area contributed by atoms with Crippen molar-refractivity contribution < 1.29 is 22.7 Å². The molecule has 1 N–H and O–H groups in total. The summed E-state index contributed by atoms with van der Waals surface area (Å²) in [5, 5.41) is 2.77. The van der Waals surface area contributed by atoms with Crippen molar-refractivity contribution >= 4 is 5.91 Å². The highest BCUT2D eigenvalue weighted by atomic mass is 19.4.